The Hall–Kier alpha value is -2.17. The van der Waals surface area contributed by atoms with Crippen molar-refractivity contribution in [2.45, 2.75) is 25.9 Å². The Labute approximate surface area is 139 Å². The summed E-state index contributed by atoms with van der Waals surface area (Å²) in [4.78, 5) is 39.3. The second-order valence-electron chi connectivity index (χ2n) is 7.95. The highest BCUT2D eigenvalue weighted by Gasteiger charge is 2.68. The molecule has 5 heteroatoms. The number of carbonyl (C=O) groups excluding carboxylic acids is 3. The molecular formula is C19H17NO4. The quantitative estimate of drug-likeness (QED) is 0.587. The van der Waals surface area contributed by atoms with E-state index in [9.17, 15) is 14.4 Å². The van der Waals surface area contributed by atoms with Crippen molar-refractivity contribution >= 4 is 23.5 Å². The molecule has 0 aromatic heterocycles. The first-order valence-electron chi connectivity index (χ1n) is 8.83. The zero-order valence-electron chi connectivity index (χ0n) is 13.1. The van der Waals surface area contributed by atoms with Gasteiger partial charge in [0.2, 0.25) is 11.8 Å². The van der Waals surface area contributed by atoms with Gasteiger partial charge in [-0.3, -0.25) is 14.5 Å². The van der Waals surface area contributed by atoms with E-state index < -0.39 is 0 Å². The molecule has 2 bridgehead atoms. The van der Waals surface area contributed by atoms with Crippen LogP contribution in [0.5, 0.6) is 0 Å². The zero-order valence-corrected chi connectivity index (χ0v) is 13.1. The highest BCUT2D eigenvalue weighted by Crippen LogP contribution is 2.68. The van der Waals surface area contributed by atoms with Crippen molar-refractivity contribution in [3.05, 3.63) is 29.3 Å². The van der Waals surface area contributed by atoms with Crippen molar-refractivity contribution in [2.24, 2.45) is 35.5 Å². The summed E-state index contributed by atoms with van der Waals surface area (Å²) in [5.74, 6) is 1.43. The second kappa shape index (κ2) is 4.08. The standard InChI is InChI=1S/C19H17NO4/c21-17-15-10-3-4-11(14-6-13(10)14)16(15)18(22)20(17)9-2-1-8-7-24-19(23)12(8)5-9/h1-2,5,10-11,13-16H,3-4,6-7H2/t10-,11+,13+,14-,15-,16+. The number of imide groups is 1. The minimum atomic E-state index is -0.371. The molecule has 6 aliphatic rings. The van der Waals surface area contributed by atoms with E-state index in [-0.39, 0.29) is 36.2 Å². The topological polar surface area (TPSA) is 63.7 Å². The van der Waals surface area contributed by atoms with E-state index in [1.165, 1.54) is 11.3 Å². The van der Waals surface area contributed by atoms with Gasteiger partial charge in [-0.25, -0.2) is 4.79 Å². The van der Waals surface area contributed by atoms with Gasteiger partial charge in [-0.2, -0.15) is 0 Å². The van der Waals surface area contributed by atoms with Gasteiger partial charge in [0.15, 0.2) is 0 Å². The lowest BCUT2D eigenvalue weighted by molar-refractivity contribution is -0.129. The molecular weight excluding hydrogens is 306 g/mol. The molecule has 2 heterocycles. The molecule has 1 saturated heterocycles. The van der Waals surface area contributed by atoms with E-state index in [1.54, 1.807) is 18.2 Å². The molecule has 6 atom stereocenters. The van der Waals surface area contributed by atoms with Crippen LogP contribution in [0.4, 0.5) is 5.69 Å². The molecule has 5 fully saturated rings. The normalized spacial score (nSPS) is 41.2. The Morgan fingerprint density at radius 3 is 2.25 bits per heavy atom. The van der Waals surface area contributed by atoms with Crippen LogP contribution >= 0.6 is 0 Å². The van der Waals surface area contributed by atoms with Gasteiger partial charge in [0.05, 0.1) is 23.1 Å². The highest BCUT2D eigenvalue weighted by molar-refractivity contribution is 6.22. The lowest BCUT2D eigenvalue weighted by atomic mass is 9.59. The number of benzene rings is 1. The van der Waals surface area contributed by atoms with Crippen molar-refractivity contribution in [1.82, 2.24) is 0 Å². The number of anilines is 1. The van der Waals surface area contributed by atoms with E-state index >= 15 is 0 Å². The number of carbonyl (C=O) groups is 3. The van der Waals surface area contributed by atoms with Crippen LogP contribution in [0.1, 0.15) is 35.2 Å². The number of rotatable bonds is 1. The van der Waals surface area contributed by atoms with E-state index in [0.717, 1.165) is 18.4 Å². The number of nitrogens with zero attached hydrogens (tertiary/aromatic N) is 1. The summed E-state index contributed by atoms with van der Waals surface area (Å²) in [6.07, 6.45) is 3.40. The van der Waals surface area contributed by atoms with Crippen molar-refractivity contribution in [3.63, 3.8) is 0 Å². The molecule has 5 nitrogen and oxygen atoms in total. The van der Waals surface area contributed by atoms with Crippen LogP contribution in [-0.4, -0.2) is 17.8 Å². The third-order valence-corrected chi connectivity index (χ3v) is 7.08. The van der Waals surface area contributed by atoms with Crippen LogP contribution in [0, 0.1) is 35.5 Å². The number of ether oxygens (including phenoxy) is 1. The van der Waals surface area contributed by atoms with E-state index in [0.29, 0.717) is 34.9 Å². The minimum absolute atomic E-state index is 0.0450. The van der Waals surface area contributed by atoms with Gasteiger partial charge in [-0.1, -0.05) is 6.07 Å². The van der Waals surface area contributed by atoms with Gasteiger partial charge in [0.25, 0.3) is 0 Å². The minimum Gasteiger partial charge on any atom is -0.457 e. The van der Waals surface area contributed by atoms with E-state index in [4.69, 9.17) is 4.74 Å². The van der Waals surface area contributed by atoms with Crippen LogP contribution < -0.4 is 4.90 Å². The molecule has 0 radical (unpaired) electrons. The average molecular weight is 323 g/mol. The molecule has 0 N–H and O–H groups in total. The van der Waals surface area contributed by atoms with E-state index in [2.05, 4.69) is 0 Å². The maximum Gasteiger partial charge on any atom is 0.338 e. The number of fused-ring (bicyclic) bond motifs is 2. The Morgan fingerprint density at radius 2 is 1.58 bits per heavy atom. The Morgan fingerprint density at radius 1 is 0.917 bits per heavy atom. The molecule has 1 aromatic rings. The van der Waals surface area contributed by atoms with Gasteiger partial charge in [0, 0.05) is 5.56 Å². The maximum atomic E-state index is 13.1. The summed E-state index contributed by atoms with van der Waals surface area (Å²) in [5, 5.41) is 0. The second-order valence-corrected chi connectivity index (χ2v) is 7.95. The Bertz CT molecular complexity index is 797. The molecule has 2 amide bonds. The third-order valence-electron chi connectivity index (χ3n) is 7.08. The number of amides is 2. The predicted molar refractivity (Wildman–Crippen MR) is 82.8 cm³/mol. The third kappa shape index (κ3) is 1.40. The van der Waals surface area contributed by atoms with Gasteiger partial charge in [-0.15, -0.1) is 0 Å². The molecule has 7 rings (SSSR count). The van der Waals surface area contributed by atoms with Crippen LogP contribution in [-0.2, 0) is 20.9 Å². The SMILES string of the molecule is O=C1OCc2ccc(N3C(=O)[C@@H]4[C@@H]5CC[C@@H]([C@H]6C[C@H]65)[C@@H]4C3=O)cc21. The fourth-order valence-electron chi connectivity index (χ4n) is 6.03. The molecule has 24 heavy (non-hydrogen) atoms. The average Bonchev–Trinajstić information content (AvgIpc) is 3.29. The van der Waals surface area contributed by atoms with Crippen LogP contribution in [0.25, 0.3) is 0 Å². The molecule has 4 saturated carbocycles. The van der Waals surface area contributed by atoms with Crippen molar-refractivity contribution in [3.8, 4) is 0 Å². The summed E-state index contributed by atoms with van der Waals surface area (Å²) in [7, 11) is 0. The lowest BCUT2D eigenvalue weighted by Crippen LogP contribution is -2.43. The predicted octanol–water partition coefficient (Wildman–Crippen LogP) is 2.14. The molecule has 1 aromatic carbocycles. The molecule has 2 aliphatic heterocycles. The number of hydrogen-bond donors (Lipinski definition) is 0. The first kappa shape index (κ1) is 13.2. The van der Waals surface area contributed by atoms with Crippen molar-refractivity contribution in [2.75, 3.05) is 4.90 Å². The highest BCUT2D eigenvalue weighted by atomic mass is 16.5. The summed E-state index contributed by atoms with van der Waals surface area (Å²) < 4.78 is 5.03. The summed E-state index contributed by atoms with van der Waals surface area (Å²) >= 11 is 0. The molecule has 122 valence electrons. The molecule has 0 unspecified atom stereocenters. The number of hydrogen-bond acceptors (Lipinski definition) is 4. The Kier molecular flexibility index (Phi) is 2.23. The fraction of sp³-hybridized carbons (Fsp3) is 0.526. The lowest BCUT2D eigenvalue weighted by Gasteiger charge is -2.42. The largest absolute Gasteiger partial charge is 0.457 e. The van der Waals surface area contributed by atoms with Gasteiger partial charge >= 0.3 is 5.97 Å². The van der Waals surface area contributed by atoms with Gasteiger partial charge in [0.1, 0.15) is 6.61 Å². The summed E-state index contributed by atoms with van der Waals surface area (Å²) in [5.41, 5.74) is 1.83. The van der Waals surface area contributed by atoms with Crippen molar-refractivity contribution in [1.29, 1.82) is 0 Å². The summed E-state index contributed by atoms with van der Waals surface area (Å²) in [6.45, 7) is 0.273. The van der Waals surface area contributed by atoms with E-state index in [1.807, 2.05) is 0 Å². The van der Waals surface area contributed by atoms with Crippen molar-refractivity contribution < 1.29 is 19.1 Å². The molecule has 0 spiro atoms. The number of cyclic esters (lactones) is 1. The number of esters is 1. The first-order valence-corrected chi connectivity index (χ1v) is 8.83. The van der Waals surface area contributed by atoms with Crippen LogP contribution in [0.3, 0.4) is 0 Å². The monoisotopic (exact) mass is 323 g/mol. The fourth-order valence-corrected chi connectivity index (χ4v) is 6.03. The zero-order chi connectivity index (χ0) is 16.2. The smallest absolute Gasteiger partial charge is 0.338 e. The van der Waals surface area contributed by atoms with Crippen LogP contribution in [0.2, 0.25) is 0 Å². The molecule has 4 aliphatic carbocycles. The van der Waals surface area contributed by atoms with Gasteiger partial charge < -0.3 is 4.74 Å². The maximum absolute atomic E-state index is 13.1. The van der Waals surface area contributed by atoms with Crippen LogP contribution in [0.15, 0.2) is 18.2 Å². The Balaban J connectivity index is 1.43. The first-order chi connectivity index (χ1) is 11.6. The summed E-state index contributed by atoms with van der Waals surface area (Å²) in [6, 6.07) is 5.22. The van der Waals surface area contributed by atoms with Gasteiger partial charge in [-0.05, 0) is 55.1 Å².